The predicted molar refractivity (Wildman–Crippen MR) is 107 cm³/mol. The van der Waals surface area contributed by atoms with Gasteiger partial charge in [0.2, 0.25) is 0 Å². The molecule has 0 aliphatic heterocycles. The van der Waals surface area contributed by atoms with Crippen LogP contribution in [0.2, 0.25) is 0 Å². The van der Waals surface area contributed by atoms with Crippen LogP contribution in [-0.2, 0) is 0 Å². The largest absolute Gasteiger partial charge is 0.346 e. The van der Waals surface area contributed by atoms with E-state index < -0.39 is 0 Å². The van der Waals surface area contributed by atoms with Crippen LogP contribution in [0.4, 0.5) is 5.69 Å². The van der Waals surface area contributed by atoms with Crippen molar-refractivity contribution in [3.05, 3.63) is 52.3 Å². The monoisotopic (exact) mass is 340 g/mol. The molecular weight excluding hydrogens is 308 g/mol. The SMILES string of the molecule is Cc1cc(C(=O)Nc2c(C(C)C)cccc2C(C)C)c(C)n1C(C)C. The molecule has 0 saturated heterocycles. The topological polar surface area (TPSA) is 34.0 Å². The second kappa shape index (κ2) is 7.47. The van der Waals surface area contributed by atoms with Crippen molar-refractivity contribution < 1.29 is 4.79 Å². The lowest BCUT2D eigenvalue weighted by molar-refractivity contribution is 0.102. The Hall–Kier alpha value is -2.03. The number of benzene rings is 1. The lowest BCUT2D eigenvalue weighted by Crippen LogP contribution is -2.17. The highest BCUT2D eigenvalue weighted by Gasteiger charge is 2.20. The first-order valence-corrected chi connectivity index (χ1v) is 9.27. The van der Waals surface area contributed by atoms with E-state index in [0.29, 0.717) is 17.9 Å². The molecule has 1 aromatic heterocycles. The normalized spacial score (nSPS) is 11.6. The minimum Gasteiger partial charge on any atom is -0.346 e. The Labute approximate surface area is 152 Å². The van der Waals surface area contributed by atoms with Crippen LogP contribution in [0.15, 0.2) is 24.3 Å². The molecule has 0 aliphatic carbocycles. The number of nitrogens with zero attached hydrogens (tertiary/aromatic N) is 1. The number of nitrogens with one attached hydrogen (secondary N) is 1. The average molecular weight is 341 g/mol. The van der Waals surface area contributed by atoms with Gasteiger partial charge in [-0.1, -0.05) is 45.9 Å². The van der Waals surface area contributed by atoms with Gasteiger partial charge in [0, 0.05) is 23.1 Å². The molecule has 136 valence electrons. The number of carbonyl (C=O) groups is 1. The summed E-state index contributed by atoms with van der Waals surface area (Å²) in [5.74, 6) is 0.698. The van der Waals surface area contributed by atoms with Gasteiger partial charge in [0.05, 0.1) is 5.56 Å². The Morgan fingerprint density at radius 3 is 1.88 bits per heavy atom. The van der Waals surface area contributed by atoms with Crippen LogP contribution in [0.5, 0.6) is 0 Å². The van der Waals surface area contributed by atoms with Crippen molar-refractivity contribution >= 4 is 11.6 Å². The van der Waals surface area contributed by atoms with E-state index >= 15 is 0 Å². The minimum atomic E-state index is -0.0185. The van der Waals surface area contributed by atoms with Crippen LogP contribution in [0.25, 0.3) is 0 Å². The van der Waals surface area contributed by atoms with Gasteiger partial charge in [0.1, 0.15) is 0 Å². The zero-order valence-corrected chi connectivity index (χ0v) is 16.9. The first-order chi connectivity index (χ1) is 11.6. The van der Waals surface area contributed by atoms with Gasteiger partial charge in [-0.15, -0.1) is 0 Å². The summed E-state index contributed by atoms with van der Waals surface area (Å²) in [7, 11) is 0. The van der Waals surface area contributed by atoms with Crippen molar-refractivity contribution in [2.24, 2.45) is 0 Å². The number of para-hydroxylation sites is 1. The van der Waals surface area contributed by atoms with Gasteiger partial charge in [-0.2, -0.15) is 0 Å². The van der Waals surface area contributed by atoms with E-state index in [1.807, 2.05) is 13.0 Å². The maximum atomic E-state index is 13.0. The van der Waals surface area contributed by atoms with Gasteiger partial charge in [-0.05, 0) is 56.7 Å². The van der Waals surface area contributed by atoms with E-state index in [-0.39, 0.29) is 5.91 Å². The average Bonchev–Trinajstić information content (AvgIpc) is 2.81. The summed E-state index contributed by atoms with van der Waals surface area (Å²) in [5, 5.41) is 3.23. The fraction of sp³-hybridized carbons (Fsp3) is 0.500. The Morgan fingerprint density at radius 2 is 1.48 bits per heavy atom. The molecule has 1 N–H and O–H groups in total. The number of amides is 1. The van der Waals surface area contributed by atoms with Crippen LogP contribution in [0.1, 0.15) is 92.3 Å². The van der Waals surface area contributed by atoms with E-state index in [4.69, 9.17) is 0 Å². The van der Waals surface area contributed by atoms with Gasteiger partial charge in [-0.3, -0.25) is 4.79 Å². The highest BCUT2D eigenvalue weighted by atomic mass is 16.1. The summed E-state index contributed by atoms with van der Waals surface area (Å²) in [6.07, 6.45) is 0. The fourth-order valence-corrected chi connectivity index (χ4v) is 3.68. The van der Waals surface area contributed by atoms with Crippen LogP contribution >= 0.6 is 0 Å². The number of rotatable bonds is 5. The van der Waals surface area contributed by atoms with Crippen LogP contribution in [0, 0.1) is 13.8 Å². The predicted octanol–water partition coefficient (Wildman–Crippen LogP) is 6.18. The van der Waals surface area contributed by atoms with Crippen molar-refractivity contribution in [3.63, 3.8) is 0 Å². The third-order valence-electron chi connectivity index (χ3n) is 4.86. The fourth-order valence-electron chi connectivity index (χ4n) is 3.68. The van der Waals surface area contributed by atoms with E-state index in [1.54, 1.807) is 0 Å². The third kappa shape index (κ3) is 3.81. The minimum absolute atomic E-state index is 0.0185. The molecule has 0 saturated carbocycles. The number of hydrogen-bond acceptors (Lipinski definition) is 1. The van der Waals surface area contributed by atoms with E-state index in [9.17, 15) is 4.79 Å². The first kappa shape index (κ1) is 19.3. The molecule has 0 unspecified atom stereocenters. The number of carbonyl (C=O) groups excluding carboxylic acids is 1. The van der Waals surface area contributed by atoms with Gasteiger partial charge in [0.25, 0.3) is 5.91 Å². The Balaban J connectivity index is 2.47. The summed E-state index contributed by atoms with van der Waals surface area (Å²) in [5.41, 5.74) is 6.28. The molecule has 0 aliphatic rings. The number of aryl methyl sites for hydroxylation is 1. The van der Waals surface area contributed by atoms with Gasteiger partial charge in [-0.25, -0.2) is 0 Å². The Kier molecular flexibility index (Phi) is 5.76. The standard InChI is InChI=1S/C22H32N2O/c1-13(2)18-10-9-11-19(14(3)4)21(18)23-22(25)20-12-16(7)24(15(5)6)17(20)8/h9-15H,1-8H3,(H,23,25). The zero-order chi connectivity index (χ0) is 18.9. The van der Waals surface area contributed by atoms with Crippen molar-refractivity contribution in [3.8, 4) is 0 Å². The molecule has 1 amide bonds. The lowest BCUT2D eigenvalue weighted by atomic mass is 9.92. The van der Waals surface area contributed by atoms with E-state index in [1.165, 1.54) is 11.1 Å². The van der Waals surface area contributed by atoms with Gasteiger partial charge >= 0.3 is 0 Å². The number of aromatic nitrogens is 1. The zero-order valence-electron chi connectivity index (χ0n) is 16.9. The lowest BCUT2D eigenvalue weighted by Gasteiger charge is -2.20. The first-order valence-electron chi connectivity index (χ1n) is 9.27. The quantitative estimate of drug-likeness (QED) is 0.692. The van der Waals surface area contributed by atoms with Crippen molar-refractivity contribution in [1.82, 2.24) is 4.57 Å². The molecule has 0 fully saturated rings. The van der Waals surface area contributed by atoms with Gasteiger partial charge < -0.3 is 9.88 Å². The van der Waals surface area contributed by atoms with Crippen molar-refractivity contribution in [2.75, 3.05) is 5.32 Å². The summed E-state index contributed by atoms with van der Waals surface area (Å²) in [6, 6.07) is 8.66. The smallest absolute Gasteiger partial charge is 0.257 e. The van der Waals surface area contributed by atoms with E-state index in [0.717, 1.165) is 22.6 Å². The van der Waals surface area contributed by atoms with Crippen LogP contribution < -0.4 is 5.32 Å². The summed E-state index contributed by atoms with van der Waals surface area (Å²) in [4.78, 5) is 13.0. The summed E-state index contributed by atoms with van der Waals surface area (Å²) >= 11 is 0. The van der Waals surface area contributed by atoms with Gasteiger partial charge in [0.15, 0.2) is 0 Å². The highest BCUT2D eigenvalue weighted by Crippen LogP contribution is 2.33. The molecular formula is C22H32N2O. The van der Waals surface area contributed by atoms with Crippen LogP contribution in [0.3, 0.4) is 0 Å². The highest BCUT2D eigenvalue weighted by molar-refractivity contribution is 6.06. The summed E-state index contributed by atoms with van der Waals surface area (Å²) < 4.78 is 2.21. The maximum absolute atomic E-state index is 13.0. The molecule has 0 atom stereocenters. The molecule has 25 heavy (non-hydrogen) atoms. The molecule has 0 spiro atoms. The molecule has 1 heterocycles. The van der Waals surface area contributed by atoms with Crippen LogP contribution in [-0.4, -0.2) is 10.5 Å². The molecule has 3 heteroatoms. The summed E-state index contributed by atoms with van der Waals surface area (Å²) in [6.45, 7) is 17.0. The maximum Gasteiger partial charge on any atom is 0.257 e. The molecule has 1 aromatic carbocycles. The molecule has 3 nitrogen and oxygen atoms in total. The molecule has 0 bridgehead atoms. The number of hydrogen-bond donors (Lipinski definition) is 1. The number of anilines is 1. The molecule has 2 rings (SSSR count). The Bertz CT molecular complexity index is 740. The van der Waals surface area contributed by atoms with Crippen molar-refractivity contribution in [2.45, 2.75) is 73.3 Å². The third-order valence-corrected chi connectivity index (χ3v) is 4.86. The second-order valence-corrected chi connectivity index (χ2v) is 7.82. The van der Waals surface area contributed by atoms with Crippen molar-refractivity contribution in [1.29, 1.82) is 0 Å². The second-order valence-electron chi connectivity index (χ2n) is 7.82. The van der Waals surface area contributed by atoms with E-state index in [2.05, 4.69) is 76.5 Å². The molecule has 0 radical (unpaired) electrons. The Morgan fingerprint density at radius 1 is 0.960 bits per heavy atom. The molecule has 2 aromatic rings.